The Balaban J connectivity index is 1.30. The molecular formula is C22H20ClF2N5OS. The van der Waals surface area contributed by atoms with E-state index in [0.717, 1.165) is 37.7 Å². The molecule has 2 aromatic carbocycles. The number of benzene rings is 2. The molecule has 0 radical (unpaired) electrons. The smallest absolute Gasteiger partial charge is 0.234 e. The van der Waals surface area contributed by atoms with Crippen molar-refractivity contribution in [1.82, 2.24) is 9.97 Å². The average molecular weight is 476 g/mol. The summed E-state index contributed by atoms with van der Waals surface area (Å²) in [5, 5.41) is 3.12. The highest BCUT2D eigenvalue weighted by atomic mass is 35.5. The topological polar surface area (TPSA) is 61.4 Å². The predicted octanol–water partition coefficient (Wildman–Crippen LogP) is 4.47. The molecule has 0 unspecified atom stereocenters. The van der Waals surface area contributed by atoms with Gasteiger partial charge < -0.3 is 15.1 Å². The van der Waals surface area contributed by atoms with Gasteiger partial charge in [-0.3, -0.25) is 4.79 Å². The third kappa shape index (κ3) is 5.66. The second-order valence-corrected chi connectivity index (χ2v) is 8.46. The van der Waals surface area contributed by atoms with E-state index in [-0.39, 0.29) is 22.5 Å². The zero-order valence-electron chi connectivity index (χ0n) is 17.0. The first-order chi connectivity index (χ1) is 15.5. The number of aromatic nitrogens is 2. The fourth-order valence-electron chi connectivity index (χ4n) is 3.32. The maximum Gasteiger partial charge on any atom is 0.234 e. The Morgan fingerprint density at radius 2 is 1.75 bits per heavy atom. The number of carbonyl (C=O) groups excluding carboxylic acids is 1. The van der Waals surface area contributed by atoms with Crippen LogP contribution >= 0.6 is 23.4 Å². The molecule has 166 valence electrons. The molecule has 1 N–H and O–H groups in total. The number of piperazine rings is 1. The van der Waals surface area contributed by atoms with E-state index in [1.54, 1.807) is 18.3 Å². The molecule has 6 nitrogen and oxygen atoms in total. The second-order valence-electron chi connectivity index (χ2n) is 7.11. The molecule has 0 spiro atoms. The molecule has 1 aliphatic rings. The summed E-state index contributed by atoms with van der Waals surface area (Å²) >= 11 is 6.96. The number of amides is 1. The Hall–Kier alpha value is -2.91. The molecule has 1 amide bonds. The number of nitrogens with one attached hydrogen (secondary N) is 1. The van der Waals surface area contributed by atoms with Crippen molar-refractivity contribution in [2.75, 3.05) is 47.0 Å². The number of thioether (sulfide) groups is 1. The SMILES string of the molecule is O=C(CSc1nccc(N2CCN(c3ccc(F)cc3)CC2)n1)Nc1ccc(F)c(Cl)c1. The lowest BCUT2D eigenvalue weighted by atomic mass is 10.2. The van der Waals surface area contributed by atoms with Crippen LogP contribution in [0.1, 0.15) is 0 Å². The van der Waals surface area contributed by atoms with Crippen molar-refractivity contribution in [2.24, 2.45) is 0 Å². The number of anilines is 3. The summed E-state index contributed by atoms with van der Waals surface area (Å²) < 4.78 is 26.4. The third-order valence-corrected chi connectivity index (χ3v) is 6.10. The Morgan fingerprint density at radius 3 is 2.47 bits per heavy atom. The van der Waals surface area contributed by atoms with Gasteiger partial charge in [0.1, 0.15) is 17.5 Å². The average Bonchev–Trinajstić information content (AvgIpc) is 2.81. The maximum atomic E-state index is 13.2. The molecule has 0 atom stereocenters. The van der Waals surface area contributed by atoms with Crippen LogP contribution in [0.5, 0.6) is 0 Å². The van der Waals surface area contributed by atoms with Crippen molar-refractivity contribution >= 4 is 46.5 Å². The molecule has 1 aromatic heterocycles. The van der Waals surface area contributed by atoms with Gasteiger partial charge in [0.25, 0.3) is 0 Å². The summed E-state index contributed by atoms with van der Waals surface area (Å²) in [7, 11) is 0. The number of halogens is 3. The summed E-state index contributed by atoms with van der Waals surface area (Å²) in [6.45, 7) is 3.12. The van der Waals surface area contributed by atoms with Crippen molar-refractivity contribution < 1.29 is 13.6 Å². The zero-order chi connectivity index (χ0) is 22.5. The van der Waals surface area contributed by atoms with Crippen molar-refractivity contribution in [2.45, 2.75) is 5.16 Å². The molecule has 10 heteroatoms. The normalized spacial score (nSPS) is 13.8. The van der Waals surface area contributed by atoms with E-state index < -0.39 is 5.82 Å². The van der Waals surface area contributed by atoms with Gasteiger partial charge in [-0.15, -0.1) is 0 Å². The van der Waals surface area contributed by atoms with Gasteiger partial charge in [0.05, 0.1) is 10.8 Å². The van der Waals surface area contributed by atoms with Crippen LogP contribution in [0.15, 0.2) is 59.9 Å². The highest BCUT2D eigenvalue weighted by Gasteiger charge is 2.19. The van der Waals surface area contributed by atoms with Crippen molar-refractivity contribution in [3.8, 4) is 0 Å². The molecule has 32 heavy (non-hydrogen) atoms. The Bertz CT molecular complexity index is 1090. The predicted molar refractivity (Wildman–Crippen MR) is 124 cm³/mol. The lowest BCUT2D eigenvalue weighted by Crippen LogP contribution is -2.46. The lowest BCUT2D eigenvalue weighted by Gasteiger charge is -2.36. The van der Waals surface area contributed by atoms with Gasteiger partial charge in [-0.05, 0) is 48.5 Å². The first-order valence-electron chi connectivity index (χ1n) is 9.94. The van der Waals surface area contributed by atoms with E-state index in [1.165, 1.54) is 42.1 Å². The number of hydrogen-bond donors (Lipinski definition) is 1. The van der Waals surface area contributed by atoms with Gasteiger partial charge in [-0.2, -0.15) is 0 Å². The van der Waals surface area contributed by atoms with Crippen LogP contribution in [0.4, 0.5) is 26.0 Å². The van der Waals surface area contributed by atoms with Gasteiger partial charge >= 0.3 is 0 Å². The lowest BCUT2D eigenvalue weighted by molar-refractivity contribution is -0.113. The minimum Gasteiger partial charge on any atom is -0.368 e. The molecule has 1 fully saturated rings. The van der Waals surface area contributed by atoms with E-state index in [1.807, 2.05) is 6.07 Å². The van der Waals surface area contributed by atoms with E-state index in [2.05, 4.69) is 25.1 Å². The first kappa shape index (κ1) is 22.3. The van der Waals surface area contributed by atoms with Crippen molar-refractivity contribution in [3.63, 3.8) is 0 Å². The van der Waals surface area contributed by atoms with Crippen LogP contribution < -0.4 is 15.1 Å². The van der Waals surface area contributed by atoms with Crippen molar-refractivity contribution in [3.05, 3.63) is 71.4 Å². The minimum absolute atomic E-state index is 0.0500. The van der Waals surface area contributed by atoms with Gasteiger partial charge in [-0.25, -0.2) is 18.7 Å². The fraction of sp³-hybridized carbons (Fsp3) is 0.227. The van der Waals surface area contributed by atoms with E-state index in [9.17, 15) is 13.6 Å². The van der Waals surface area contributed by atoms with Gasteiger partial charge in [0.15, 0.2) is 5.16 Å². The molecule has 1 saturated heterocycles. The summed E-state index contributed by atoms with van der Waals surface area (Å²) in [6, 6.07) is 12.4. The third-order valence-electron chi connectivity index (χ3n) is 4.95. The summed E-state index contributed by atoms with van der Waals surface area (Å²) in [4.78, 5) is 25.4. The summed E-state index contributed by atoms with van der Waals surface area (Å²) in [5.74, 6) is -0.139. The summed E-state index contributed by atoms with van der Waals surface area (Å²) in [6.07, 6.45) is 1.68. The number of rotatable bonds is 6. The van der Waals surface area contributed by atoms with Gasteiger partial charge in [0, 0.05) is 43.8 Å². The minimum atomic E-state index is -0.539. The number of hydrogen-bond acceptors (Lipinski definition) is 6. The molecule has 0 aliphatic carbocycles. The van der Waals surface area contributed by atoms with Crippen LogP contribution in [-0.4, -0.2) is 47.8 Å². The zero-order valence-corrected chi connectivity index (χ0v) is 18.5. The number of carbonyl (C=O) groups is 1. The van der Waals surface area contributed by atoms with Gasteiger partial charge in [0.2, 0.25) is 5.91 Å². The second kappa shape index (κ2) is 10.1. The molecule has 3 aromatic rings. The monoisotopic (exact) mass is 475 g/mol. The van der Waals surface area contributed by atoms with Crippen LogP contribution in [0.3, 0.4) is 0 Å². The van der Waals surface area contributed by atoms with Crippen LogP contribution in [0.2, 0.25) is 5.02 Å². The van der Waals surface area contributed by atoms with Crippen LogP contribution in [-0.2, 0) is 4.79 Å². The molecule has 2 heterocycles. The van der Waals surface area contributed by atoms with Gasteiger partial charge in [-0.1, -0.05) is 23.4 Å². The quantitative estimate of drug-likeness (QED) is 0.419. The first-order valence-corrected chi connectivity index (χ1v) is 11.3. The van der Waals surface area contributed by atoms with E-state index >= 15 is 0 Å². The molecular weight excluding hydrogens is 456 g/mol. The Kier molecular flexibility index (Phi) is 7.06. The Morgan fingerprint density at radius 1 is 1.03 bits per heavy atom. The van der Waals surface area contributed by atoms with Crippen LogP contribution in [0, 0.1) is 11.6 Å². The van der Waals surface area contributed by atoms with Crippen molar-refractivity contribution in [1.29, 1.82) is 0 Å². The molecule has 0 bridgehead atoms. The van der Waals surface area contributed by atoms with E-state index in [4.69, 9.17) is 11.6 Å². The standard InChI is InChI=1S/C22H20ClF2N5OS/c23-18-13-16(3-6-19(18)25)27-21(31)14-32-22-26-8-7-20(28-22)30-11-9-29(10-12-30)17-4-1-15(24)2-5-17/h1-8,13H,9-12,14H2,(H,27,31). The largest absolute Gasteiger partial charge is 0.368 e. The highest BCUT2D eigenvalue weighted by Crippen LogP contribution is 2.23. The Labute approximate surface area is 193 Å². The number of nitrogens with zero attached hydrogens (tertiary/aromatic N) is 4. The molecule has 1 aliphatic heterocycles. The summed E-state index contributed by atoms with van der Waals surface area (Å²) in [5.41, 5.74) is 1.43. The van der Waals surface area contributed by atoms with E-state index in [0.29, 0.717) is 10.8 Å². The highest BCUT2D eigenvalue weighted by molar-refractivity contribution is 7.99. The fourth-order valence-corrected chi connectivity index (χ4v) is 4.13. The molecule has 0 saturated carbocycles. The maximum absolute atomic E-state index is 13.2. The van der Waals surface area contributed by atoms with Crippen LogP contribution in [0.25, 0.3) is 0 Å². The molecule has 4 rings (SSSR count).